The van der Waals surface area contributed by atoms with Gasteiger partial charge in [-0.1, -0.05) is 13.8 Å². The lowest BCUT2D eigenvalue weighted by Gasteiger charge is -2.28. The number of aromatic nitrogens is 2. The highest BCUT2D eigenvalue weighted by atomic mass is 32.2. The molecule has 0 radical (unpaired) electrons. The highest BCUT2D eigenvalue weighted by Gasteiger charge is 2.24. The summed E-state index contributed by atoms with van der Waals surface area (Å²) in [4.78, 5) is 22.1. The third-order valence-electron chi connectivity index (χ3n) is 6.06. The predicted octanol–water partition coefficient (Wildman–Crippen LogP) is 3.38. The number of esters is 1. The minimum Gasteiger partial charge on any atom is -0.465 e. The van der Waals surface area contributed by atoms with E-state index in [2.05, 4.69) is 19.6 Å². The fraction of sp³-hybridized carbons (Fsp3) is 0.391. The zero-order valence-electron chi connectivity index (χ0n) is 18.5. The summed E-state index contributed by atoms with van der Waals surface area (Å²) in [5.41, 5.74) is 3.75. The lowest BCUT2D eigenvalue weighted by molar-refractivity contribution is 0.0601. The number of anilines is 1. The fourth-order valence-electron chi connectivity index (χ4n) is 4.12. The zero-order chi connectivity index (χ0) is 22.9. The molecule has 1 aliphatic heterocycles. The summed E-state index contributed by atoms with van der Waals surface area (Å²) in [6.45, 7) is 5.29. The maximum Gasteiger partial charge on any atom is 0.337 e. The van der Waals surface area contributed by atoms with Crippen LogP contribution in [0.25, 0.3) is 10.9 Å². The van der Waals surface area contributed by atoms with Crippen LogP contribution in [0.5, 0.6) is 0 Å². The molecule has 0 unspecified atom stereocenters. The predicted molar refractivity (Wildman–Crippen MR) is 123 cm³/mol. The molecule has 4 rings (SSSR count). The lowest BCUT2D eigenvalue weighted by Crippen LogP contribution is -2.34. The van der Waals surface area contributed by atoms with Gasteiger partial charge in [0.25, 0.3) is 0 Å². The maximum atomic E-state index is 12.6. The normalized spacial score (nSPS) is 14.1. The van der Waals surface area contributed by atoms with E-state index in [0.717, 1.165) is 53.8 Å². The lowest BCUT2D eigenvalue weighted by atomic mass is 10.0. The molecule has 0 saturated heterocycles. The molecular weight excluding hydrogens is 428 g/mol. The molecule has 0 saturated carbocycles. The van der Waals surface area contributed by atoms with E-state index in [0.29, 0.717) is 12.1 Å². The van der Waals surface area contributed by atoms with Gasteiger partial charge in [-0.15, -0.1) is 0 Å². The van der Waals surface area contributed by atoms with Crippen LogP contribution in [0.2, 0.25) is 0 Å². The van der Waals surface area contributed by atoms with Crippen molar-refractivity contribution in [2.75, 3.05) is 18.6 Å². The number of carbonyl (C=O) groups excluding carboxylic acids is 1. The van der Waals surface area contributed by atoms with E-state index in [9.17, 15) is 13.2 Å². The van der Waals surface area contributed by atoms with Gasteiger partial charge in [0.05, 0.1) is 12.7 Å². The number of fused-ring (bicyclic) bond motifs is 3. The zero-order valence-corrected chi connectivity index (χ0v) is 19.3. The molecule has 2 aromatic heterocycles. The first-order valence-corrected chi connectivity index (χ1v) is 12.3. The Morgan fingerprint density at radius 3 is 2.69 bits per heavy atom. The molecule has 3 aromatic rings. The van der Waals surface area contributed by atoms with Gasteiger partial charge in [-0.2, -0.15) is 0 Å². The molecule has 2 N–H and O–H groups in total. The summed E-state index contributed by atoms with van der Waals surface area (Å²) >= 11 is 0. The van der Waals surface area contributed by atoms with Crippen molar-refractivity contribution >= 4 is 32.7 Å². The van der Waals surface area contributed by atoms with Gasteiger partial charge in [-0.25, -0.2) is 22.9 Å². The van der Waals surface area contributed by atoms with E-state index in [1.165, 1.54) is 13.3 Å². The third kappa shape index (κ3) is 4.22. The average molecular weight is 457 g/mol. The Hall–Kier alpha value is -2.91. The van der Waals surface area contributed by atoms with Crippen LogP contribution in [0.3, 0.4) is 0 Å². The topological polar surface area (TPSA) is 104 Å². The van der Waals surface area contributed by atoms with Crippen LogP contribution in [0.15, 0.2) is 41.4 Å². The van der Waals surface area contributed by atoms with Crippen LogP contribution in [-0.4, -0.2) is 44.1 Å². The SMILES string of the molecule is CCC(CC)NS(=O)(=O)c1ccc(N2CCc3[nH]c4ccc(C(=O)OC)cc4c3C2)nc1. The second-order valence-corrected chi connectivity index (χ2v) is 9.71. The molecule has 0 fully saturated rings. The van der Waals surface area contributed by atoms with Crippen molar-refractivity contribution in [3.05, 3.63) is 53.3 Å². The molecule has 1 aromatic carbocycles. The number of carbonyl (C=O) groups is 1. The number of pyridine rings is 1. The average Bonchev–Trinajstić information content (AvgIpc) is 3.19. The molecule has 32 heavy (non-hydrogen) atoms. The van der Waals surface area contributed by atoms with E-state index in [1.54, 1.807) is 18.2 Å². The van der Waals surface area contributed by atoms with Crippen molar-refractivity contribution < 1.29 is 17.9 Å². The summed E-state index contributed by atoms with van der Waals surface area (Å²) < 4.78 is 32.8. The number of hydrogen-bond donors (Lipinski definition) is 2. The molecule has 0 bridgehead atoms. The van der Waals surface area contributed by atoms with E-state index in [4.69, 9.17) is 4.74 Å². The molecule has 3 heterocycles. The summed E-state index contributed by atoms with van der Waals surface area (Å²) in [5, 5.41) is 0.987. The quantitative estimate of drug-likeness (QED) is 0.528. The highest BCUT2D eigenvalue weighted by molar-refractivity contribution is 7.89. The molecule has 1 aliphatic rings. The van der Waals surface area contributed by atoms with E-state index < -0.39 is 10.0 Å². The first kappa shape index (κ1) is 22.3. The second kappa shape index (κ2) is 8.91. The largest absolute Gasteiger partial charge is 0.465 e. The van der Waals surface area contributed by atoms with E-state index in [1.807, 2.05) is 26.0 Å². The molecule has 8 nitrogen and oxygen atoms in total. The number of aromatic amines is 1. The smallest absolute Gasteiger partial charge is 0.337 e. The van der Waals surface area contributed by atoms with Crippen molar-refractivity contribution in [2.45, 2.75) is 50.6 Å². The van der Waals surface area contributed by atoms with Crippen molar-refractivity contribution in [2.24, 2.45) is 0 Å². The Balaban J connectivity index is 1.57. The standard InChI is InChI=1S/C23H28N4O4S/c1-4-16(5-2)26-32(29,30)17-7-9-22(24-13-17)27-11-10-21-19(14-27)18-12-15(23(28)31-3)6-8-20(18)25-21/h6-9,12-13,16,25-26H,4-5,10-11,14H2,1-3H3. The Labute approximate surface area is 188 Å². The Bertz CT molecular complexity index is 1230. The number of nitrogens with zero attached hydrogens (tertiary/aromatic N) is 2. The second-order valence-electron chi connectivity index (χ2n) is 7.99. The van der Waals surface area contributed by atoms with Gasteiger partial charge in [0.15, 0.2) is 0 Å². The third-order valence-corrected chi connectivity index (χ3v) is 7.56. The molecule has 0 atom stereocenters. The van der Waals surface area contributed by atoms with Crippen molar-refractivity contribution in [3.63, 3.8) is 0 Å². The fourth-order valence-corrected chi connectivity index (χ4v) is 5.46. The summed E-state index contributed by atoms with van der Waals surface area (Å²) in [7, 11) is -2.22. The molecule has 170 valence electrons. The van der Waals surface area contributed by atoms with Gasteiger partial charge >= 0.3 is 5.97 Å². The van der Waals surface area contributed by atoms with E-state index >= 15 is 0 Å². The van der Waals surface area contributed by atoms with Crippen LogP contribution < -0.4 is 9.62 Å². The van der Waals surface area contributed by atoms with Gasteiger partial charge < -0.3 is 14.6 Å². The van der Waals surface area contributed by atoms with Crippen molar-refractivity contribution in [1.29, 1.82) is 0 Å². The van der Waals surface area contributed by atoms with Gasteiger partial charge in [0.2, 0.25) is 10.0 Å². The number of benzene rings is 1. The minimum atomic E-state index is -3.59. The van der Waals surface area contributed by atoms with Crippen LogP contribution in [0.1, 0.15) is 48.3 Å². The number of sulfonamides is 1. The maximum absolute atomic E-state index is 12.6. The Morgan fingerprint density at radius 1 is 1.25 bits per heavy atom. The number of nitrogens with one attached hydrogen (secondary N) is 2. The van der Waals surface area contributed by atoms with Crippen molar-refractivity contribution in [3.8, 4) is 0 Å². The molecular formula is C23H28N4O4S. The minimum absolute atomic E-state index is 0.0862. The monoisotopic (exact) mass is 456 g/mol. The molecule has 0 spiro atoms. The van der Waals surface area contributed by atoms with Crippen LogP contribution in [0, 0.1) is 0 Å². The van der Waals surface area contributed by atoms with Crippen LogP contribution in [-0.2, 0) is 27.7 Å². The Morgan fingerprint density at radius 2 is 2.03 bits per heavy atom. The summed E-state index contributed by atoms with van der Waals surface area (Å²) in [6.07, 6.45) is 3.69. The molecule has 0 amide bonds. The number of hydrogen-bond acceptors (Lipinski definition) is 6. The molecule has 9 heteroatoms. The van der Waals surface area contributed by atoms with Gasteiger partial charge in [0.1, 0.15) is 10.7 Å². The van der Waals surface area contributed by atoms with Gasteiger partial charge in [-0.3, -0.25) is 0 Å². The summed E-state index contributed by atoms with van der Waals surface area (Å²) in [6, 6.07) is 8.78. The molecule has 0 aliphatic carbocycles. The number of ether oxygens (including phenoxy) is 1. The highest BCUT2D eigenvalue weighted by Crippen LogP contribution is 2.30. The van der Waals surface area contributed by atoms with Crippen molar-refractivity contribution in [1.82, 2.24) is 14.7 Å². The van der Waals surface area contributed by atoms with Crippen LogP contribution >= 0.6 is 0 Å². The summed E-state index contributed by atoms with van der Waals surface area (Å²) in [5.74, 6) is 0.352. The number of H-pyrrole nitrogens is 1. The van der Waals surface area contributed by atoms with Gasteiger partial charge in [0, 0.05) is 53.9 Å². The first-order valence-electron chi connectivity index (χ1n) is 10.8. The van der Waals surface area contributed by atoms with Gasteiger partial charge in [-0.05, 0) is 43.2 Å². The first-order chi connectivity index (χ1) is 15.4. The number of methoxy groups -OCH3 is 1. The Kier molecular flexibility index (Phi) is 6.21. The van der Waals surface area contributed by atoms with Crippen LogP contribution in [0.4, 0.5) is 5.82 Å². The van der Waals surface area contributed by atoms with E-state index in [-0.39, 0.29) is 16.9 Å². The number of rotatable bonds is 7.